The molecule has 26 heavy (non-hydrogen) atoms. The lowest BCUT2D eigenvalue weighted by Crippen LogP contribution is -2.10. The van der Waals surface area contributed by atoms with Crippen LogP contribution in [0.1, 0.15) is 20.9 Å². The quantitative estimate of drug-likeness (QED) is 0.456. The van der Waals surface area contributed by atoms with Crippen LogP contribution in [0.4, 0.5) is 5.69 Å². The molecule has 0 bridgehead atoms. The summed E-state index contributed by atoms with van der Waals surface area (Å²) < 4.78 is 2.76. The molecule has 130 valence electrons. The van der Waals surface area contributed by atoms with E-state index >= 15 is 0 Å². The third-order valence-corrected chi connectivity index (χ3v) is 5.97. The first-order valence-electron chi connectivity index (χ1n) is 8.15. The molecule has 0 spiro atoms. The molecule has 2 heterocycles. The van der Waals surface area contributed by atoms with Gasteiger partial charge < -0.3 is 5.32 Å². The Morgan fingerprint density at radius 1 is 1.12 bits per heavy atom. The van der Waals surface area contributed by atoms with Crippen molar-refractivity contribution in [1.29, 1.82) is 0 Å². The number of hydrogen-bond donors (Lipinski definition) is 1. The second kappa shape index (κ2) is 6.70. The zero-order valence-electron chi connectivity index (χ0n) is 14.3. The molecular weight excluding hydrogens is 410 g/mol. The Balaban J connectivity index is 1.72. The summed E-state index contributed by atoms with van der Waals surface area (Å²) in [5.41, 5.74) is 3.87. The van der Waals surface area contributed by atoms with Crippen molar-refractivity contribution in [1.82, 2.24) is 9.78 Å². The van der Waals surface area contributed by atoms with E-state index in [-0.39, 0.29) is 5.91 Å². The van der Waals surface area contributed by atoms with Crippen molar-refractivity contribution in [3.8, 4) is 5.69 Å². The number of para-hydroxylation sites is 1. The van der Waals surface area contributed by atoms with Gasteiger partial charge in [0.1, 0.15) is 4.83 Å². The number of aryl methyl sites for hydroxylation is 2. The summed E-state index contributed by atoms with van der Waals surface area (Å²) in [7, 11) is 0. The first-order chi connectivity index (χ1) is 12.5. The Bertz CT molecular complexity index is 1110. The van der Waals surface area contributed by atoms with Gasteiger partial charge in [0.25, 0.3) is 5.91 Å². The molecule has 0 aliphatic rings. The van der Waals surface area contributed by atoms with Gasteiger partial charge in [-0.15, -0.1) is 11.3 Å². The van der Waals surface area contributed by atoms with Crippen LogP contribution in [0, 0.1) is 13.8 Å². The highest BCUT2D eigenvalue weighted by atomic mass is 79.9. The molecule has 2 aromatic carbocycles. The molecule has 0 radical (unpaired) electrons. The van der Waals surface area contributed by atoms with Gasteiger partial charge in [-0.1, -0.05) is 29.8 Å². The van der Waals surface area contributed by atoms with E-state index < -0.39 is 0 Å². The lowest BCUT2D eigenvalue weighted by atomic mass is 10.2. The first-order valence-corrected chi connectivity index (χ1v) is 9.76. The summed E-state index contributed by atoms with van der Waals surface area (Å²) in [6.45, 7) is 4.03. The van der Waals surface area contributed by atoms with E-state index in [9.17, 15) is 4.79 Å². The van der Waals surface area contributed by atoms with E-state index in [0.717, 1.165) is 31.8 Å². The van der Waals surface area contributed by atoms with Gasteiger partial charge in [-0.05, 0) is 60.1 Å². The molecule has 4 nitrogen and oxygen atoms in total. The molecular formula is C20H16BrN3OS. The maximum atomic E-state index is 12.7. The molecule has 2 aromatic heterocycles. The molecule has 0 atom stereocenters. The summed E-state index contributed by atoms with van der Waals surface area (Å²) in [4.78, 5) is 14.3. The molecule has 0 saturated carbocycles. The van der Waals surface area contributed by atoms with Crippen LogP contribution in [0.2, 0.25) is 0 Å². The van der Waals surface area contributed by atoms with Crippen LogP contribution in [0.5, 0.6) is 0 Å². The van der Waals surface area contributed by atoms with Crippen molar-refractivity contribution in [3.05, 3.63) is 75.2 Å². The zero-order chi connectivity index (χ0) is 18.3. The van der Waals surface area contributed by atoms with Crippen molar-refractivity contribution < 1.29 is 4.79 Å². The normalized spacial score (nSPS) is 11.0. The number of carbonyl (C=O) groups excluding carboxylic acids is 1. The van der Waals surface area contributed by atoms with E-state index in [0.29, 0.717) is 4.88 Å². The Hall–Kier alpha value is -2.44. The van der Waals surface area contributed by atoms with E-state index in [1.54, 1.807) is 0 Å². The Morgan fingerprint density at radius 3 is 2.58 bits per heavy atom. The maximum Gasteiger partial charge on any atom is 0.265 e. The number of carbonyl (C=O) groups is 1. The third kappa shape index (κ3) is 3.06. The number of hydrogen-bond acceptors (Lipinski definition) is 3. The third-order valence-electron chi connectivity index (χ3n) is 4.17. The predicted octanol–water partition coefficient (Wildman–Crippen LogP) is 5.72. The van der Waals surface area contributed by atoms with E-state index in [1.165, 1.54) is 16.9 Å². The number of amides is 1. The van der Waals surface area contributed by atoms with Crippen molar-refractivity contribution in [2.45, 2.75) is 13.8 Å². The molecule has 0 aliphatic carbocycles. The van der Waals surface area contributed by atoms with Crippen molar-refractivity contribution >= 4 is 49.1 Å². The fraction of sp³-hybridized carbons (Fsp3) is 0.100. The number of anilines is 1. The number of nitrogens with one attached hydrogen (secondary N) is 1. The van der Waals surface area contributed by atoms with Crippen LogP contribution in [0.25, 0.3) is 15.9 Å². The van der Waals surface area contributed by atoms with Gasteiger partial charge in [0.05, 0.1) is 21.9 Å². The molecule has 0 aliphatic heterocycles. The number of fused-ring (bicyclic) bond motifs is 1. The van der Waals surface area contributed by atoms with Gasteiger partial charge in [0.2, 0.25) is 0 Å². The topological polar surface area (TPSA) is 46.9 Å². The minimum atomic E-state index is -0.118. The summed E-state index contributed by atoms with van der Waals surface area (Å²) in [6, 6.07) is 17.7. The van der Waals surface area contributed by atoms with Crippen LogP contribution in [0.3, 0.4) is 0 Å². The summed E-state index contributed by atoms with van der Waals surface area (Å²) in [5, 5.41) is 8.60. The Labute approximate surface area is 163 Å². The van der Waals surface area contributed by atoms with E-state index in [2.05, 4.69) is 45.4 Å². The van der Waals surface area contributed by atoms with Crippen LogP contribution in [0.15, 0.2) is 59.1 Å². The highest BCUT2D eigenvalue weighted by molar-refractivity contribution is 9.10. The molecule has 4 rings (SSSR count). The SMILES string of the molecule is Cc1ccc(-n2nc(C)c3cc(C(=O)Nc4ccccc4Br)sc32)cc1. The monoisotopic (exact) mass is 425 g/mol. The largest absolute Gasteiger partial charge is 0.320 e. The minimum Gasteiger partial charge on any atom is -0.320 e. The van der Waals surface area contributed by atoms with Crippen molar-refractivity contribution in [2.24, 2.45) is 0 Å². The van der Waals surface area contributed by atoms with Crippen molar-refractivity contribution in [3.63, 3.8) is 0 Å². The van der Waals surface area contributed by atoms with E-state index in [1.807, 2.05) is 54.1 Å². The fourth-order valence-corrected chi connectivity index (χ4v) is 4.23. The summed E-state index contributed by atoms with van der Waals surface area (Å²) in [5.74, 6) is -0.118. The highest BCUT2D eigenvalue weighted by Gasteiger charge is 2.17. The maximum absolute atomic E-state index is 12.7. The lowest BCUT2D eigenvalue weighted by Gasteiger charge is -2.05. The van der Waals surface area contributed by atoms with E-state index in [4.69, 9.17) is 0 Å². The number of thiophene rings is 1. The van der Waals surface area contributed by atoms with Gasteiger partial charge in [-0.3, -0.25) is 4.79 Å². The Kier molecular flexibility index (Phi) is 4.38. The van der Waals surface area contributed by atoms with Crippen LogP contribution < -0.4 is 5.32 Å². The average Bonchev–Trinajstić information content (AvgIpc) is 3.19. The molecule has 4 aromatic rings. The molecule has 1 amide bonds. The number of nitrogens with zero attached hydrogens (tertiary/aromatic N) is 2. The minimum absolute atomic E-state index is 0.118. The highest BCUT2D eigenvalue weighted by Crippen LogP contribution is 2.31. The molecule has 0 fully saturated rings. The number of rotatable bonds is 3. The van der Waals surface area contributed by atoms with Gasteiger partial charge >= 0.3 is 0 Å². The molecule has 1 N–H and O–H groups in total. The second-order valence-electron chi connectivity index (χ2n) is 6.10. The summed E-state index contributed by atoms with van der Waals surface area (Å²) in [6.07, 6.45) is 0. The molecule has 0 saturated heterocycles. The van der Waals surface area contributed by atoms with Crippen molar-refractivity contribution in [2.75, 3.05) is 5.32 Å². The van der Waals surface area contributed by atoms with Gasteiger partial charge in [-0.25, -0.2) is 4.68 Å². The van der Waals surface area contributed by atoms with Gasteiger partial charge in [0, 0.05) is 9.86 Å². The zero-order valence-corrected chi connectivity index (χ0v) is 16.7. The van der Waals surface area contributed by atoms with Gasteiger partial charge in [-0.2, -0.15) is 5.10 Å². The number of halogens is 1. The predicted molar refractivity (Wildman–Crippen MR) is 111 cm³/mol. The lowest BCUT2D eigenvalue weighted by molar-refractivity contribution is 0.103. The molecule has 6 heteroatoms. The standard InChI is InChI=1S/C20H16BrN3OS/c1-12-7-9-14(10-8-12)24-20-15(13(2)23-24)11-18(26-20)19(25)22-17-6-4-3-5-16(17)21/h3-11H,1-2H3,(H,22,25). The number of aromatic nitrogens is 2. The molecule has 0 unspecified atom stereocenters. The second-order valence-corrected chi connectivity index (χ2v) is 7.98. The Morgan fingerprint density at radius 2 is 1.85 bits per heavy atom. The van der Waals surface area contributed by atoms with Crippen LogP contribution >= 0.6 is 27.3 Å². The average molecular weight is 426 g/mol. The fourth-order valence-electron chi connectivity index (χ4n) is 2.77. The van der Waals surface area contributed by atoms with Crippen LogP contribution in [-0.4, -0.2) is 15.7 Å². The first kappa shape index (κ1) is 17.0. The van der Waals surface area contributed by atoms with Gasteiger partial charge in [0.15, 0.2) is 0 Å². The smallest absolute Gasteiger partial charge is 0.265 e. The van der Waals surface area contributed by atoms with Crippen LogP contribution in [-0.2, 0) is 0 Å². The summed E-state index contributed by atoms with van der Waals surface area (Å²) >= 11 is 4.91. The number of benzene rings is 2.